The number of nitrogens with zero attached hydrogens (tertiary/aromatic N) is 2. The van der Waals surface area contributed by atoms with Crippen LogP contribution in [-0.4, -0.2) is 32.7 Å². The molecule has 32 heavy (non-hydrogen) atoms. The van der Waals surface area contributed by atoms with Crippen molar-refractivity contribution in [3.63, 3.8) is 0 Å². The molecule has 0 aliphatic carbocycles. The maximum Gasteiger partial charge on any atom is 0.273 e. The van der Waals surface area contributed by atoms with Crippen molar-refractivity contribution in [2.75, 3.05) is 6.61 Å². The van der Waals surface area contributed by atoms with Crippen LogP contribution in [0.15, 0.2) is 65.3 Å². The molecule has 0 saturated heterocycles. The van der Waals surface area contributed by atoms with Gasteiger partial charge in [-0.1, -0.05) is 23.8 Å². The third-order valence-corrected chi connectivity index (χ3v) is 5.68. The van der Waals surface area contributed by atoms with Crippen molar-refractivity contribution >= 4 is 5.91 Å². The number of amides is 1. The standard InChI is InChI=1S/C25H23N3O4/c1-3-31-17-9-7-16(8-10-17)24-21-22(19-13-15(2)6-11-20(19)29)26-27-23(21)25(30)28(24)14-18-5-4-12-32-18/h4-13,24,29H,3,14H2,1-2H3,(H,26,27)/t24-/m1/s1. The normalized spacial score (nSPS) is 15.2. The monoisotopic (exact) mass is 429 g/mol. The zero-order valence-electron chi connectivity index (χ0n) is 17.8. The largest absolute Gasteiger partial charge is 0.507 e. The van der Waals surface area contributed by atoms with E-state index in [1.165, 1.54) is 0 Å². The summed E-state index contributed by atoms with van der Waals surface area (Å²) < 4.78 is 11.1. The molecule has 5 rings (SSSR count). The molecule has 4 aromatic rings. The number of fused-ring (bicyclic) bond motifs is 1. The summed E-state index contributed by atoms with van der Waals surface area (Å²) in [5.41, 5.74) is 4.23. The molecule has 162 valence electrons. The van der Waals surface area contributed by atoms with Gasteiger partial charge in [0.15, 0.2) is 0 Å². The summed E-state index contributed by atoms with van der Waals surface area (Å²) in [6.07, 6.45) is 1.60. The lowest BCUT2D eigenvalue weighted by atomic mass is 9.95. The van der Waals surface area contributed by atoms with E-state index in [9.17, 15) is 9.90 Å². The first-order valence-electron chi connectivity index (χ1n) is 10.5. The minimum Gasteiger partial charge on any atom is -0.507 e. The molecule has 2 aromatic carbocycles. The van der Waals surface area contributed by atoms with Crippen LogP contribution in [0.25, 0.3) is 11.3 Å². The Balaban J connectivity index is 1.65. The first-order chi connectivity index (χ1) is 15.6. The van der Waals surface area contributed by atoms with Gasteiger partial charge in [0.1, 0.15) is 28.6 Å². The number of aromatic nitrogens is 2. The number of rotatable bonds is 6. The zero-order valence-corrected chi connectivity index (χ0v) is 17.8. The number of ether oxygens (including phenoxy) is 1. The molecule has 2 aromatic heterocycles. The van der Waals surface area contributed by atoms with Crippen molar-refractivity contribution in [3.05, 3.63) is 89.0 Å². The topological polar surface area (TPSA) is 91.6 Å². The number of benzene rings is 2. The Morgan fingerprint density at radius 3 is 2.72 bits per heavy atom. The van der Waals surface area contributed by atoms with Gasteiger partial charge in [0.05, 0.1) is 25.5 Å². The van der Waals surface area contributed by atoms with Crippen LogP contribution in [0.1, 0.15) is 45.9 Å². The fourth-order valence-corrected chi connectivity index (χ4v) is 4.23. The Hall–Kier alpha value is -4.00. The smallest absolute Gasteiger partial charge is 0.273 e. The molecule has 0 saturated carbocycles. The van der Waals surface area contributed by atoms with Crippen molar-refractivity contribution in [2.45, 2.75) is 26.4 Å². The van der Waals surface area contributed by atoms with Crippen LogP contribution in [-0.2, 0) is 6.54 Å². The highest BCUT2D eigenvalue weighted by Gasteiger charge is 2.42. The molecule has 0 unspecified atom stereocenters. The van der Waals surface area contributed by atoms with Crippen LogP contribution in [0.5, 0.6) is 11.5 Å². The molecular weight excluding hydrogens is 406 g/mol. The van der Waals surface area contributed by atoms with Gasteiger partial charge < -0.3 is 19.2 Å². The molecule has 0 spiro atoms. The Labute approximate surface area is 185 Å². The predicted octanol–water partition coefficient (Wildman–Crippen LogP) is 4.83. The van der Waals surface area contributed by atoms with Gasteiger partial charge >= 0.3 is 0 Å². The van der Waals surface area contributed by atoms with Gasteiger partial charge in [-0.3, -0.25) is 9.89 Å². The summed E-state index contributed by atoms with van der Waals surface area (Å²) in [6, 6.07) is 16.3. The lowest BCUT2D eigenvalue weighted by Gasteiger charge is -2.26. The maximum atomic E-state index is 13.4. The number of nitrogens with one attached hydrogen (secondary N) is 1. The Bertz CT molecular complexity index is 1260. The van der Waals surface area contributed by atoms with E-state index in [-0.39, 0.29) is 11.7 Å². The third kappa shape index (κ3) is 3.32. The fraction of sp³-hybridized carbons (Fsp3) is 0.200. The molecule has 7 nitrogen and oxygen atoms in total. The molecule has 1 atom stereocenters. The van der Waals surface area contributed by atoms with Crippen LogP contribution < -0.4 is 4.74 Å². The molecule has 1 amide bonds. The highest BCUT2D eigenvalue weighted by atomic mass is 16.5. The number of hydrogen-bond acceptors (Lipinski definition) is 5. The quantitative estimate of drug-likeness (QED) is 0.458. The average Bonchev–Trinajstić information content (AvgIpc) is 3.51. The lowest BCUT2D eigenvalue weighted by Crippen LogP contribution is -2.28. The average molecular weight is 429 g/mol. The minimum absolute atomic E-state index is 0.118. The molecule has 2 N–H and O–H groups in total. The minimum atomic E-state index is -0.396. The van der Waals surface area contributed by atoms with Crippen molar-refractivity contribution in [2.24, 2.45) is 0 Å². The fourth-order valence-electron chi connectivity index (χ4n) is 4.23. The number of aromatic hydroxyl groups is 1. The van der Waals surface area contributed by atoms with E-state index in [2.05, 4.69) is 10.2 Å². The van der Waals surface area contributed by atoms with Crippen molar-refractivity contribution in [1.82, 2.24) is 15.1 Å². The van der Waals surface area contributed by atoms with Crippen LogP contribution in [0.2, 0.25) is 0 Å². The van der Waals surface area contributed by atoms with E-state index in [4.69, 9.17) is 9.15 Å². The highest BCUT2D eigenvalue weighted by molar-refractivity contribution is 6.00. The van der Waals surface area contributed by atoms with Gasteiger partial charge in [0.25, 0.3) is 5.91 Å². The van der Waals surface area contributed by atoms with E-state index in [1.807, 2.05) is 56.3 Å². The highest BCUT2D eigenvalue weighted by Crippen LogP contribution is 2.45. The number of furan rings is 1. The number of hydrogen-bond donors (Lipinski definition) is 2. The molecule has 3 heterocycles. The molecule has 0 fully saturated rings. The second-order valence-electron chi connectivity index (χ2n) is 7.80. The van der Waals surface area contributed by atoms with Gasteiger partial charge in [0, 0.05) is 11.1 Å². The SMILES string of the molecule is CCOc1ccc([C@@H]2c3c(-c4cc(C)ccc4O)n[nH]c3C(=O)N2Cc2ccco2)cc1. The summed E-state index contributed by atoms with van der Waals surface area (Å²) in [4.78, 5) is 15.2. The molecule has 1 aliphatic heterocycles. The Morgan fingerprint density at radius 2 is 2.00 bits per heavy atom. The number of phenolic OH excluding ortho intramolecular Hbond substituents is 1. The van der Waals surface area contributed by atoms with E-state index < -0.39 is 6.04 Å². The van der Waals surface area contributed by atoms with Crippen LogP contribution in [0, 0.1) is 6.92 Å². The van der Waals surface area contributed by atoms with E-state index >= 15 is 0 Å². The third-order valence-electron chi connectivity index (χ3n) is 5.68. The van der Waals surface area contributed by atoms with Gasteiger partial charge in [0.2, 0.25) is 0 Å². The Kier molecular flexibility index (Phi) is 4.93. The first kappa shape index (κ1) is 19.9. The van der Waals surface area contributed by atoms with Gasteiger partial charge in [-0.15, -0.1) is 0 Å². The number of phenols is 1. The summed E-state index contributed by atoms with van der Waals surface area (Å²) in [7, 11) is 0. The summed E-state index contributed by atoms with van der Waals surface area (Å²) in [5.74, 6) is 1.41. The molecule has 0 bridgehead atoms. The van der Waals surface area contributed by atoms with Gasteiger partial charge in [-0.2, -0.15) is 5.10 Å². The molecular formula is C25H23N3O4. The second-order valence-corrected chi connectivity index (χ2v) is 7.80. The number of aryl methyl sites for hydroxylation is 1. The predicted molar refractivity (Wildman–Crippen MR) is 118 cm³/mol. The Morgan fingerprint density at radius 1 is 1.19 bits per heavy atom. The molecule has 1 aliphatic rings. The molecule has 7 heteroatoms. The number of aromatic amines is 1. The maximum absolute atomic E-state index is 13.4. The number of carbonyl (C=O) groups is 1. The lowest BCUT2D eigenvalue weighted by molar-refractivity contribution is 0.0717. The van der Waals surface area contributed by atoms with Gasteiger partial charge in [-0.25, -0.2) is 0 Å². The summed E-state index contributed by atoms with van der Waals surface area (Å²) in [6.45, 7) is 4.78. The van der Waals surface area contributed by atoms with E-state index in [1.54, 1.807) is 23.3 Å². The van der Waals surface area contributed by atoms with Crippen LogP contribution >= 0.6 is 0 Å². The summed E-state index contributed by atoms with van der Waals surface area (Å²) in [5, 5.41) is 17.9. The molecule has 0 radical (unpaired) electrons. The van der Waals surface area contributed by atoms with E-state index in [0.29, 0.717) is 35.9 Å². The number of H-pyrrole nitrogens is 1. The van der Waals surface area contributed by atoms with Crippen LogP contribution in [0.3, 0.4) is 0 Å². The van der Waals surface area contributed by atoms with Crippen molar-refractivity contribution in [3.8, 4) is 22.8 Å². The van der Waals surface area contributed by atoms with Crippen molar-refractivity contribution in [1.29, 1.82) is 0 Å². The van der Waals surface area contributed by atoms with E-state index in [0.717, 1.165) is 22.4 Å². The summed E-state index contributed by atoms with van der Waals surface area (Å²) >= 11 is 0. The van der Waals surface area contributed by atoms with Crippen molar-refractivity contribution < 1.29 is 19.1 Å². The first-order valence-corrected chi connectivity index (χ1v) is 10.5. The number of carbonyl (C=O) groups excluding carboxylic acids is 1. The zero-order chi connectivity index (χ0) is 22.2. The second kappa shape index (κ2) is 7.92. The van der Waals surface area contributed by atoms with Crippen LogP contribution in [0.4, 0.5) is 0 Å². The van der Waals surface area contributed by atoms with Gasteiger partial charge in [-0.05, 0) is 55.8 Å².